The van der Waals surface area contributed by atoms with E-state index in [0.717, 1.165) is 18.2 Å². The Labute approximate surface area is 91.7 Å². The summed E-state index contributed by atoms with van der Waals surface area (Å²) in [4.78, 5) is 6.56. The van der Waals surface area contributed by atoms with E-state index in [4.69, 9.17) is 0 Å². The second-order valence-corrected chi connectivity index (χ2v) is 3.85. The van der Waals surface area contributed by atoms with Gasteiger partial charge in [0, 0.05) is 19.6 Å². The highest BCUT2D eigenvalue weighted by atomic mass is 15.1. The number of nitrogens with zero attached hydrogens (tertiary/aromatic N) is 2. The fraction of sp³-hybridized carbons (Fsp3) is 0.545. The predicted octanol–water partition coefficient (Wildman–Crippen LogP) is 1.49. The monoisotopic (exact) mass is 208 g/mol. The van der Waals surface area contributed by atoms with Crippen LogP contribution in [0.4, 0.5) is 11.6 Å². The van der Waals surface area contributed by atoms with E-state index in [1.54, 1.807) is 0 Å². The van der Waals surface area contributed by atoms with Gasteiger partial charge in [-0.15, -0.1) is 0 Å². The second-order valence-electron chi connectivity index (χ2n) is 3.85. The van der Waals surface area contributed by atoms with E-state index in [9.17, 15) is 0 Å². The van der Waals surface area contributed by atoms with Crippen LogP contribution >= 0.6 is 0 Å². The lowest BCUT2D eigenvalue weighted by Crippen LogP contribution is -2.31. The molecule has 0 aliphatic rings. The van der Waals surface area contributed by atoms with E-state index >= 15 is 0 Å². The normalized spacial score (nSPS) is 12.6. The SMILES string of the molecule is CNc1cccc(NCC(C)N(C)C)n1. The standard InChI is InChI=1S/C11H20N4/c1-9(15(3)4)8-13-11-7-5-6-10(12-2)14-11/h5-7,9H,8H2,1-4H3,(H2,12,13,14). The van der Waals surface area contributed by atoms with Gasteiger partial charge in [-0.2, -0.15) is 0 Å². The highest BCUT2D eigenvalue weighted by Gasteiger charge is 2.04. The van der Waals surface area contributed by atoms with E-state index in [2.05, 4.69) is 41.5 Å². The van der Waals surface area contributed by atoms with Crippen LogP contribution in [0.1, 0.15) is 6.92 Å². The fourth-order valence-corrected chi connectivity index (χ4v) is 1.11. The van der Waals surface area contributed by atoms with Gasteiger partial charge in [0.15, 0.2) is 0 Å². The van der Waals surface area contributed by atoms with Crippen LogP contribution in [-0.4, -0.2) is 43.6 Å². The minimum atomic E-state index is 0.491. The average molecular weight is 208 g/mol. The van der Waals surface area contributed by atoms with Crippen molar-refractivity contribution in [3.63, 3.8) is 0 Å². The second kappa shape index (κ2) is 5.56. The first-order valence-corrected chi connectivity index (χ1v) is 5.18. The summed E-state index contributed by atoms with van der Waals surface area (Å²) in [5.74, 6) is 1.80. The van der Waals surface area contributed by atoms with Crippen LogP contribution in [0.5, 0.6) is 0 Å². The Morgan fingerprint density at radius 1 is 1.33 bits per heavy atom. The molecule has 84 valence electrons. The highest BCUT2D eigenvalue weighted by molar-refractivity contribution is 5.44. The molecule has 4 heteroatoms. The summed E-state index contributed by atoms with van der Waals surface area (Å²) in [6, 6.07) is 6.40. The lowest BCUT2D eigenvalue weighted by molar-refractivity contribution is 0.326. The third-order valence-electron chi connectivity index (χ3n) is 2.47. The molecule has 0 amide bonds. The molecule has 0 radical (unpaired) electrons. The maximum absolute atomic E-state index is 4.38. The van der Waals surface area contributed by atoms with E-state index in [1.807, 2.05) is 25.2 Å². The Morgan fingerprint density at radius 3 is 2.60 bits per heavy atom. The van der Waals surface area contributed by atoms with Gasteiger partial charge in [-0.1, -0.05) is 6.07 Å². The largest absolute Gasteiger partial charge is 0.373 e. The molecule has 0 saturated heterocycles. The molecule has 0 aromatic carbocycles. The number of hydrogen-bond donors (Lipinski definition) is 2. The highest BCUT2D eigenvalue weighted by Crippen LogP contribution is 2.08. The van der Waals surface area contributed by atoms with Crippen LogP contribution in [0.15, 0.2) is 18.2 Å². The van der Waals surface area contributed by atoms with Crippen molar-refractivity contribution in [2.45, 2.75) is 13.0 Å². The van der Waals surface area contributed by atoms with Crippen molar-refractivity contribution in [3.8, 4) is 0 Å². The van der Waals surface area contributed by atoms with Crippen molar-refractivity contribution in [1.29, 1.82) is 0 Å². The summed E-state index contributed by atoms with van der Waals surface area (Å²) < 4.78 is 0. The van der Waals surface area contributed by atoms with E-state index in [1.165, 1.54) is 0 Å². The molecule has 1 rings (SSSR count). The van der Waals surface area contributed by atoms with Crippen LogP contribution in [0.3, 0.4) is 0 Å². The Morgan fingerprint density at radius 2 is 2.00 bits per heavy atom. The number of anilines is 2. The van der Waals surface area contributed by atoms with Gasteiger partial charge in [-0.3, -0.25) is 0 Å². The number of hydrogen-bond acceptors (Lipinski definition) is 4. The number of rotatable bonds is 5. The Bertz CT molecular complexity index is 298. The molecule has 4 nitrogen and oxygen atoms in total. The molecule has 0 aliphatic carbocycles. The van der Waals surface area contributed by atoms with Gasteiger partial charge in [-0.05, 0) is 33.2 Å². The van der Waals surface area contributed by atoms with E-state index in [-0.39, 0.29) is 0 Å². The average Bonchev–Trinajstić information content (AvgIpc) is 2.26. The molecule has 1 heterocycles. The molecule has 1 unspecified atom stereocenters. The molecule has 1 aromatic heterocycles. The summed E-state index contributed by atoms with van der Waals surface area (Å²) in [7, 11) is 6.02. The van der Waals surface area contributed by atoms with Crippen LogP contribution in [0.25, 0.3) is 0 Å². The van der Waals surface area contributed by atoms with Crippen molar-refractivity contribution in [1.82, 2.24) is 9.88 Å². The molecule has 0 aliphatic heterocycles. The van der Waals surface area contributed by atoms with Crippen molar-refractivity contribution >= 4 is 11.6 Å². The molecule has 0 spiro atoms. The zero-order chi connectivity index (χ0) is 11.3. The summed E-state index contributed by atoms with van der Waals surface area (Å²) in [5.41, 5.74) is 0. The molecule has 1 atom stereocenters. The Hall–Kier alpha value is -1.29. The number of nitrogens with one attached hydrogen (secondary N) is 2. The van der Waals surface area contributed by atoms with Crippen molar-refractivity contribution in [2.24, 2.45) is 0 Å². The first kappa shape index (κ1) is 11.8. The summed E-state index contributed by atoms with van der Waals surface area (Å²) in [6.45, 7) is 3.07. The van der Waals surface area contributed by atoms with Gasteiger partial charge in [0.25, 0.3) is 0 Å². The molecule has 0 saturated carbocycles. The quantitative estimate of drug-likeness (QED) is 0.769. The van der Waals surface area contributed by atoms with Crippen molar-refractivity contribution in [2.75, 3.05) is 38.3 Å². The molecule has 15 heavy (non-hydrogen) atoms. The minimum Gasteiger partial charge on any atom is -0.373 e. The summed E-state index contributed by atoms with van der Waals surface area (Å²) in [5, 5.41) is 6.32. The molecule has 0 fully saturated rings. The lowest BCUT2D eigenvalue weighted by Gasteiger charge is -2.20. The van der Waals surface area contributed by atoms with Gasteiger partial charge >= 0.3 is 0 Å². The first-order chi connectivity index (χ1) is 7.13. The van der Waals surface area contributed by atoms with Gasteiger partial charge in [0.05, 0.1) is 0 Å². The lowest BCUT2D eigenvalue weighted by atomic mass is 10.3. The van der Waals surface area contributed by atoms with E-state index in [0.29, 0.717) is 6.04 Å². The molecule has 0 bridgehead atoms. The third-order valence-corrected chi connectivity index (χ3v) is 2.47. The molecular formula is C11H20N4. The fourth-order valence-electron chi connectivity index (χ4n) is 1.11. The Kier molecular flexibility index (Phi) is 4.37. The topological polar surface area (TPSA) is 40.2 Å². The molecule has 1 aromatic rings. The number of likely N-dealkylation sites (N-methyl/N-ethyl adjacent to an activating group) is 1. The van der Waals surface area contributed by atoms with Crippen LogP contribution < -0.4 is 10.6 Å². The maximum Gasteiger partial charge on any atom is 0.128 e. The van der Waals surface area contributed by atoms with Gasteiger partial charge in [0.1, 0.15) is 11.6 Å². The summed E-state index contributed by atoms with van der Waals surface area (Å²) >= 11 is 0. The first-order valence-electron chi connectivity index (χ1n) is 5.18. The smallest absolute Gasteiger partial charge is 0.128 e. The third kappa shape index (κ3) is 3.75. The van der Waals surface area contributed by atoms with Crippen LogP contribution in [-0.2, 0) is 0 Å². The van der Waals surface area contributed by atoms with Crippen LogP contribution in [0, 0.1) is 0 Å². The maximum atomic E-state index is 4.38. The predicted molar refractivity (Wildman–Crippen MR) is 65.4 cm³/mol. The van der Waals surface area contributed by atoms with Gasteiger partial charge in [-0.25, -0.2) is 4.98 Å². The number of aromatic nitrogens is 1. The minimum absolute atomic E-state index is 0.491. The molecular weight excluding hydrogens is 188 g/mol. The molecule has 2 N–H and O–H groups in total. The van der Waals surface area contributed by atoms with Crippen LogP contribution in [0.2, 0.25) is 0 Å². The van der Waals surface area contributed by atoms with Gasteiger partial charge in [0.2, 0.25) is 0 Å². The zero-order valence-electron chi connectivity index (χ0n) is 9.91. The van der Waals surface area contributed by atoms with Crippen molar-refractivity contribution in [3.05, 3.63) is 18.2 Å². The zero-order valence-corrected chi connectivity index (χ0v) is 9.91. The van der Waals surface area contributed by atoms with Gasteiger partial charge < -0.3 is 15.5 Å². The Balaban J connectivity index is 2.50. The van der Waals surface area contributed by atoms with E-state index < -0.39 is 0 Å². The van der Waals surface area contributed by atoms with Crippen molar-refractivity contribution < 1.29 is 0 Å². The summed E-state index contributed by atoms with van der Waals surface area (Å²) in [6.07, 6.45) is 0. The number of pyridine rings is 1.